The summed E-state index contributed by atoms with van der Waals surface area (Å²) >= 11 is 5.67. The molecule has 1 heterocycles. The Morgan fingerprint density at radius 3 is 2.38 bits per heavy atom. The molecule has 0 atom stereocenters. The Kier molecular flexibility index (Phi) is 4.44. The van der Waals surface area contributed by atoms with Crippen LogP contribution in [0.25, 0.3) is 0 Å². The topological polar surface area (TPSA) is 96.4 Å². The maximum atomic E-state index is 12.1. The summed E-state index contributed by atoms with van der Waals surface area (Å²) < 4.78 is 26.5. The minimum atomic E-state index is -3.77. The zero-order valence-electron chi connectivity index (χ0n) is 10.7. The van der Waals surface area contributed by atoms with Crippen molar-refractivity contribution < 1.29 is 18.3 Å². The minimum absolute atomic E-state index is 0.0217. The van der Waals surface area contributed by atoms with Crippen LogP contribution in [0.3, 0.4) is 0 Å². The summed E-state index contributed by atoms with van der Waals surface area (Å²) in [7, 11) is -3.77. The lowest BCUT2D eigenvalue weighted by Gasteiger charge is -2.07. The fourth-order valence-electron chi connectivity index (χ4n) is 1.59. The van der Waals surface area contributed by atoms with Gasteiger partial charge in [-0.2, -0.15) is 0 Å². The molecule has 0 amide bonds. The summed E-state index contributed by atoms with van der Waals surface area (Å²) in [5, 5.41) is 9.06. The van der Waals surface area contributed by atoms with Crippen LogP contribution in [-0.4, -0.2) is 24.5 Å². The number of aromatic nitrogens is 1. The van der Waals surface area contributed by atoms with Crippen LogP contribution in [0.4, 0.5) is 5.82 Å². The molecule has 0 aliphatic heterocycles. The molecule has 0 saturated heterocycles. The standard InChI is InChI=1S/C13H11ClN2O4S/c14-10-3-6-12(15-8-10)16-21(19,20)11-4-1-9(2-5-11)7-13(17)18/h1-6,8H,7H2,(H,15,16)(H,17,18). The number of nitrogens with one attached hydrogen (secondary N) is 1. The van der Waals surface area contributed by atoms with Gasteiger partial charge in [-0.3, -0.25) is 9.52 Å². The fraction of sp³-hybridized carbons (Fsp3) is 0.0769. The molecule has 0 bridgehead atoms. The molecule has 0 aliphatic rings. The Morgan fingerprint density at radius 2 is 1.86 bits per heavy atom. The summed E-state index contributed by atoms with van der Waals surface area (Å²) in [5.41, 5.74) is 0.520. The zero-order valence-corrected chi connectivity index (χ0v) is 12.2. The lowest BCUT2D eigenvalue weighted by molar-refractivity contribution is -0.136. The predicted molar refractivity (Wildman–Crippen MR) is 77.8 cm³/mol. The normalized spacial score (nSPS) is 11.1. The van der Waals surface area contributed by atoms with Crippen LogP contribution in [0.1, 0.15) is 5.56 Å². The SMILES string of the molecule is O=C(O)Cc1ccc(S(=O)(=O)Nc2ccc(Cl)cn2)cc1. The molecule has 2 aromatic rings. The third kappa shape index (κ3) is 4.17. The molecule has 0 saturated carbocycles. The van der Waals surface area contributed by atoms with Crippen LogP contribution >= 0.6 is 11.6 Å². The van der Waals surface area contributed by atoms with Crippen molar-refractivity contribution in [1.29, 1.82) is 0 Å². The Balaban J connectivity index is 2.19. The van der Waals surface area contributed by atoms with Crippen molar-refractivity contribution >= 4 is 33.4 Å². The highest BCUT2D eigenvalue weighted by molar-refractivity contribution is 7.92. The molecule has 1 aromatic carbocycles. The number of nitrogens with zero attached hydrogens (tertiary/aromatic N) is 1. The van der Waals surface area contributed by atoms with Gasteiger partial charge in [-0.1, -0.05) is 23.7 Å². The maximum Gasteiger partial charge on any atom is 0.307 e. The second-order valence-corrected chi connectivity index (χ2v) is 6.30. The van der Waals surface area contributed by atoms with E-state index in [0.717, 1.165) is 0 Å². The molecule has 0 aliphatic carbocycles. The van der Waals surface area contributed by atoms with Crippen LogP contribution in [-0.2, 0) is 21.2 Å². The Labute approximate surface area is 126 Å². The van der Waals surface area contributed by atoms with Crippen molar-refractivity contribution in [3.63, 3.8) is 0 Å². The summed E-state index contributed by atoms with van der Waals surface area (Å²) in [4.78, 5) is 14.4. The van der Waals surface area contributed by atoms with E-state index in [0.29, 0.717) is 10.6 Å². The van der Waals surface area contributed by atoms with E-state index in [1.807, 2.05) is 0 Å². The van der Waals surface area contributed by atoms with E-state index in [1.54, 1.807) is 0 Å². The number of pyridine rings is 1. The first-order valence-corrected chi connectivity index (χ1v) is 7.68. The molecule has 21 heavy (non-hydrogen) atoms. The van der Waals surface area contributed by atoms with Crippen molar-refractivity contribution in [2.75, 3.05) is 4.72 Å². The van der Waals surface area contributed by atoms with Crippen LogP contribution in [0, 0.1) is 0 Å². The smallest absolute Gasteiger partial charge is 0.307 e. The van der Waals surface area contributed by atoms with E-state index in [-0.39, 0.29) is 17.1 Å². The van der Waals surface area contributed by atoms with Crippen molar-refractivity contribution in [2.24, 2.45) is 0 Å². The van der Waals surface area contributed by atoms with Gasteiger partial charge in [-0.15, -0.1) is 0 Å². The van der Waals surface area contributed by atoms with Gasteiger partial charge < -0.3 is 5.11 Å². The number of rotatable bonds is 5. The summed E-state index contributed by atoms with van der Waals surface area (Å²) in [5.74, 6) is -0.830. The number of carboxylic acids is 1. The molecule has 6 nitrogen and oxygen atoms in total. The summed E-state index contributed by atoms with van der Waals surface area (Å²) in [6, 6.07) is 8.56. The summed E-state index contributed by atoms with van der Waals surface area (Å²) in [6.07, 6.45) is 1.17. The quantitative estimate of drug-likeness (QED) is 0.877. The van der Waals surface area contributed by atoms with Gasteiger partial charge in [0.15, 0.2) is 0 Å². The average Bonchev–Trinajstić information content (AvgIpc) is 2.41. The lowest BCUT2D eigenvalue weighted by atomic mass is 10.2. The Hall–Kier alpha value is -2.12. The van der Waals surface area contributed by atoms with E-state index in [9.17, 15) is 13.2 Å². The highest BCUT2D eigenvalue weighted by Gasteiger charge is 2.15. The number of carboxylic acid groups (broad SMARTS) is 1. The number of hydrogen-bond acceptors (Lipinski definition) is 4. The van der Waals surface area contributed by atoms with Gasteiger partial charge in [0.25, 0.3) is 10.0 Å². The van der Waals surface area contributed by atoms with E-state index in [2.05, 4.69) is 9.71 Å². The third-order valence-corrected chi connectivity index (χ3v) is 4.15. The number of aliphatic carboxylic acids is 1. The molecule has 0 unspecified atom stereocenters. The lowest BCUT2D eigenvalue weighted by Crippen LogP contribution is -2.14. The van der Waals surface area contributed by atoms with Crippen molar-refractivity contribution in [2.45, 2.75) is 11.3 Å². The van der Waals surface area contributed by atoms with Crippen LogP contribution in [0.15, 0.2) is 47.5 Å². The van der Waals surface area contributed by atoms with E-state index in [1.165, 1.54) is 42.6 Å². The zero-order chi connectivity index (χ0) is 15.5. The molecule has 110 valence electrons. The molecule has 8 heteroatoms. The van der Waals surface area contributed by atoms with Gasteiger partial charge in [0.2, 0.25) is 0 Å². The average molecular weight is 327 g/mol. The molecule has 0 radical (unpaired) electrons. The van der Waals surface area contributed by atoms with Gasteiger partial charge >= 0.3 is 5.97 Å². The second-order valence-electron chi connectivity index (χ2n) is 4.18. The van der Waals surface area contributed by atoms with Crippen LogP contribution in [0.2, 0.25) is 5.02 Å². The van der Waals surface area contributed by atoms with Gasteiger partial charge in [-0.05, 0) is 29.8 Å². The number of benzene rings is 1. The first-order valence-electron chi connectivity index (χ1n) is 5.82. The second kappa shape index (κ2) is 6.11. The van der Waals surface area contributed by atoms with Crippen molar-refractivity contribution in [1.82, 2.24) is 4.98 Å². The first kappa shape index (κ1) is 15.3. The van der Waals surface area contributed by atoms with Gasteiger partial charge in [-0.25, -0.2) is 13.4 Å². The highest BCUT2D eigenvalue weighted by atomic mass is 35.5. The predicted octanol–water partition coefficient (Wildman–Crippen LogP) is 2.16. The Morgan fingerprint density at radius 1 is 1.19 bits per heavy atom. The van der Waals surface area contributed by atoms with Crippen molar-refractivity contribution in [3.8, 4) is 0 Å². The molecule has 2 rings (SSSR count). The first-order chi connectivity index (χ1) is 9.87. The van der Waals surface area contributed by atoms with E-state index < -0.39 is 16.0 Å². The molecular weight excluding hydrogens is 316 g/mol. The van der Waals surface area contributed by atoms with Gasteiger partial charge in [0.05, 0.1) is 16.3 Å². The molecule has 2 N–H and O–H groups in total. The molecular formula is C13H11ClN2O4S. The van der Waals surface area contributed by atoms with Gasteiger partial charge in [0.1, 0.15) is 5.82 Å². The molecule has 1 aromatic heterocycles. The Bertz CT molecular complexity index is 743. The summed E-state index contributed by atoms with van der Waals surface area (Å²) in [6.45, 7) is 0. The maximum absolute atomic E-state index is 12.1. The van der Waals surface area contributed by atoms with Crippen LogP contribution in [0.5, 0.6) is 0 Å². The molecule has 0 fully saturated rings. The molecule has 0 spiro atoms. The highest BCUT2D eigenvalue weighted by Crippen LogP contribution is 2.16. The monoisotopic (exact) mass is 326 g/mol. The number of carbonyl (C=O) groups is 1. The number of hydrogen-bond donors (Lipinski definition) is 2. The minimum Gasteiger partial charge on any atom is -0.481 e. The largest absolute Gasteiger partial charge is 0.481 e. The number of anilines is 1. The fourth-order valence-corrected chi connectivity index (χ4v) is 2.71. The third-order valence-electron chi connectivity index (χ3n) is 2.56. The number of sulfonamides is 1. The van der Waals surface area contributed by atoms with E-state index in [4.69, 9.17) is 16.7 Å². The van der Waals surface area contributed by atoms with Crippen molar-refractivity contribution in [3.05, 3.63) is 53.2 Å². The van der Waals surface area contributed by atoms with Gasteiger partial charge in [0, 0.05) is 6.20 Å². The van der Waals surface area contributed by atoms with Crippen LogP contribution < -0.4 is 4.72 Å². The van der Waals surface area contributed by atoms with E-state index >= 15 is 0 Å². The number of halogens is 1.